The number of aliphatic hydroxyl groups is 1. The molecule has 0 radical (unpaired) electrons. The third-order valence-electron chi connectivity index (χ3n) is 3.54. The predicted octanol–water partition coefficient (Wildman–Crippen LogP) is 3.77. The van der Waals surface area contributed by atoms with E-state index in [1.165, 1.54) is 0 Å². The number of thiophene rings is 1. The number of hydrogen-bond acceptors (Lipinski definition) is 7. The summed E-state index contributed by atoms with van der Waals surface area (Å²) in [6, 6.07) is 5.86. The fourth-order valence-corrected chi connectivity index (χ4v) is 4.36. The van der Waals surface area contributed by atoms with Crippen LogP contribution in [0.5, 0.6) is 11.5 Å². The van der Waals surface area contributed by atoms with Crippen molar-refractivity contribution in [2.24, 2.45) is 0 Å². The van der Waals surface area contributed by atoms with E-state index >= 15 is 0 Å². The van der Waals surface area contributed by atoms with Crippen LogP contribution in [0.1, 0.15) is 5.82 Å². The van der Waals surface area contributed by atoms with E-state index in [1.807, 2.05) is 25.1 Å². The van der Waals surface area contributed by atoms with Gasteiger partial charge in [-0.2, -0.15) is 0 Å². The van der Waals surface area contributed by atoms with Crippen molar-refractivity contribution in [3.05, 3.63) is 29.4 Å². The third kappa shape index (κ3) is 3.19. The van der Waals surface area contributed by atoms with E-state index in [0.717, 1.165) is 32.2 Å². The highest BCUT2D eigenvalue weighted by atomic mass is 32.2. The monoisotopic (exact) mass is 362 g/mol. The number of methoxy groups -OCH3 is 2. The molecule has 0 aliphatic heterocycles. The van der Waals surface area contributed by atoms with Crippen LogP contribution < -0.4 is 9.47 Å². The second kappa shape index (κ2) is 7.38. The molecule has 0 atom stereocenters. The van der Waals surface area contributed by atoms with Crippen molar-refractivity contribution in [1.29, 1.82) is 0 Å². The first-order valence-corrected chi connectivity index (χ1v) is 9.26. The minimum atomic E-state index is 0.116. The Morgan fingerprint density at radius 2 is 1.96 bits per heavy atom. The lowest BCUT2D eigenvalue weighted by Crippen LogP contribution is -1.94. The Morgan fingerprint density at radius 1 is 1.17 bits per heavy atom. The molecule has 3 rings (SSSR count). The number of fused-ring (bicyclic) bond motifs is 1. The summed E-state index contributed by atoms with van der Waals surface area (Å²) in [5, 5.41) is 13.2. The molecule has 7 heteroatoms. The Balaban J connectivity index is 2.16. The molecular formula is C17H18N2O3S2. The standard InChI is InChI=1S/C17H18N2O3S2/c1-10-18-16(23-7-6-20)15-12(9-24-17(15)19-10)11-4-5-13(21-2)14(8-11)22-3/h4-5,8-9,20H,6-7H2,1-3H3. The van der Waals surface area contributed by atoms with Crippen LogP contribution >= 0.6 is 23.1 Å². The molecule has 126 valence electrons. The third-order valence-corrected chi connectivity index (χ3v) is 5.36. The fourth-order valence-electron chi connectivity index (χ4n) is 2.47. The maximum absolute atomic E-state index is 9.14. The van der Waals surface area contributed by atoms with Crippen molar-refractivity contribution in [2.45, 2.75) is 11.9 Å². The Hall–Kier alpha value is -1.83. The van der Waals surface area contributed by atoms with Crippen LogP contribution in [0.2, 0.25) is 0 Å². The molecule has 2 aromatic heterocycles. The largest absolute Gasteiger partial charge is 0.493 e. The number of aliphatic hydroxyl groups excluding tert-OH is 1. The van der Waals surface area contributed by atoms with E-state index in [2.05, 4.69) is 15.3 Å². The maximum atomic E-state index is 9.14. The van der Waals surface area contributed by atoms with Gasteiger partial charge in [0, 0.05) is 16.7 Å². The average Bonchev–Trinajstić information content (AvgIpc) is 3.02. The molecule has 2 heterocycles. The Labute approximate surface area is 148 Å². The van der Waals surface area contributed by atoms with Gasteiger partial charge in [0.15, 0.2) is 11.5 Å². The highest BCUT2D eigenvalue weighted by Gasteiger charge is 2.16. The zero-order valence-corrected chi connectivity index (χ0v) is 15.3. The van der Waals surface area contributed by atoms with Gasteiger partial charge in [0.2, 0.25) is 0 Å². The van der Waals surface area contributed by atoms with Crippen molar-refractivity contribution < 1.29 is 14.6 Å². The average molecular weight is 362 g/mol. The number of aryl methyl sites for hydroxylation is 1. The molecule has 0 saturated carbocycles. The van der Waals surface area contributed by atoms with Crippen LogP contribution in [0.15, 0.2) is 28.6 Å². The summed E-state index contributed by atoms with van der Waals surface area (Å²) < 4.78 is 10.7. The van der Waals surface area contributed by atoms with Crippen LogP contribution in [0.3, 0.4) is 0 Å². The molecule has 5 nitrogen and oxygen atoms in total. The zero-order chi connectivity index (χ0) is 17.1. The second-order valence-corrected chi connectivity index (χ2v) is 6.99. The SMILES string of the molecule is COc1ccc(-c2csc3nc(C)nc(SCCO)c23)cc1OC. The molecule has 24 heavy (non-hydrogen) atoms. The summed E-state index contributed by atoms with van der Waals surface area (Å²) in [7, 11) is 3.25. The molecule has 0 aliphatic rings. The highest BCUT2D eigenvalue weighted by Crippen LogP contribution is 2.40. The Morgan fingerprint density at radius 3 is 2.67 bits per heavy atom. The van der Waals surface area contributed by atoms with Crippen LogP contribution in [-0.4, -0.2) is 41.7 Å². The summed E-state index contributed by atoms with van der Waals surface area (Å²) in [5.41, 5.74) is 2.09. The molecule has 0 bridgehead atoms. The van der Waals surface area contributed by atoms with E-state index in [9.17, 15) is 0 Å². The summed E-state index contributed by atoms with van der Waals surface area (Å²) in [6.45, 7) is 2.00. The van der Waals surface area contributed by atoms with E-state index < -0.39 is 0 Å². The molecule has 0 fully saturated rings. The van der Waals surface area contributed by atoms with Crippen LogP contribution in [-0.2, 0) is 0 Å². The lowest BCUT2D eigenvalue weighted by Gasteiger charge is -2.10. The number of thioether (sulfide) groups is 1. The van der Waals surface area contributed by atoms with Gasteiger partial charge >= 0.3 is 0 Å². The topological polar surface area (TPSA) is 64.5 Å². The van der Waals surface area contributed by atoms with Crippen LogP contribution in [0, 0.1) is 6.92 Å². The minimum absolute atomic E-state index is 0.116. The molecule has 0 amide bonds. The fraction of sp³-hybridized carbons (Fsp3) is 0.294. The molecule has 1 aromatic carbocycles. The number of nitrogens with zero attached hydrogens (tertiary/aromatic N) is 2. The van der Waals surface area contributed by atoms with Crippen LogP contribution in [0.25, 0.3) is 21.3 Å². The highest BCUT2D eigenvalue weighted by molar-refractivity contribution is 7.99. The Bertz CT molecular complexity index is 864. The summed E-state index contributed by atoms with van der Waals surface area (Å²) in [6.07, 6.45) is 0. The molecule has 0 saturated heterocycles. The van der Waals surface area contributed by atoms with Gasteiger partial charge in [0.25, 0.3) is 0 Å². The summed E-state index contributed by atoms with van der Waals surface area (Å²) >= 11 is 3.14. The number of aromatic nitrogens is 2. The van der Waals surface area contributed by atoms with Gasteiger partial charge in [-0.3, -0.25) is 0 Å². The van der Waals surface area contributed by atoms with Gasteiger partial charge in [-0.1, -0.05) is 6.07 Å². The van der Waals surface area contributed by atoms with Gasteiger partial charge in [0.1, 0.15) is 15.7 Å². The quantitative estimate of drug-likeness (QED) is 0.532. The first kappa shape index (κ1) is 17.0. The maximum Gasteiger partial charge on any atom is 0.161 e. The van der Waals surface area contributed by atoms with Crippen molar-refractivity contribution in [1.82, 2.24) is 9.97 Å². The molecule has 3 aromatic rings. The molecule has 1 N–H and O–H groups in total. The van der Waals surface area contributed by atoms with E-state index in [-0.39, 0.29) is 6.61 Å². The van der Waals surface area contributed by atoms with Gasteiger partial charge in [0.05, 0.1) is 26.2 Å². The lowest BCUT2D eigenvalue weighted by atomic mass is 10.1. The molecule has 0 unspecified atom stereocenters. The Kier molecular flexibility index (Phi) is 5.23. The predicted molar refractivity (Wildman–Crippen MR) is 98.5 cm³/mol. The van der Waals surface area contributed by atoms with E-state index in [0.29, 0.717) is 17.3 Å². The first-order chi connectivity index (χ1) is 11.7. The minimum Gasteiger partial charge on any atom is -0.493 e. The van der Waals surface area contributed by atoms with Crippen molar-refractivity contribution in [2.75, 3.05) is 26.6 Å². The molecule has 0 aliphatic carbocycles. The van der Waals surface area contributed by atoms with Gasteiger partial charge in [-0.05, 0) is 24.6 Å². The number of ether oxygens (including phenoxy) is 2. The smallest absolute Gasteiger partial charge is 0.161 e. The van der Waals surface area contributed by atoms with Crippen molar-refractivity contribution in [3.8, 4) is 22.6 Å². The van der Waals surface area contributed by atoms with Crippen molar-refractivity contribution >= 4 is 33.3 Å². The lowest BCUT2D eigenvalue weighted by molar-refractivity contribution is 0.322. The van der Waals surface area contributed by atoms with Gasteiger partial charge in [-0.15, -0.1) is 23.1 Å². The normalized spacial score (nSPS) is 11.0. The second-order valence-electron chi connectivity index (χ2n) is 5.05. The van der Waals surface area contributed by atoms with Crippen LogP contribution in [0.4, 0.5) is 0 Å². The summed E-state index contributed by atoms with van der Waals surface area (Å²) in [5.74, 6) is 2.73. The number of rotatable bonds is 6. The number of benzene rings is 1. The molecular weight excluding hydrogens is 344 g/mol. The van der Waals surface area contributed by atoms with E-state index in [4.69, 9.17) is 14.6 Å². The van der Waals surface area contributed by atoms with E-state index in [1.54, 1.807) is 37.3 Å². The first-order valence-electron chi connectivity index (χ1n) is 7.39. The van der Waals surface area contributed by atoms with Gasteiger partial charge in [-0.25, -0.2) is 9.97 Å². The van der Waals surface area contributed by atoms with Crippen molar-refractivity contribution in [3.63, 3.8) is 0 Å². The summed E-state index contributed by atoms with van der Waals surface area (Å²) in [4.78, 5) is 10.1. The molecule has 0 spiro atoms. The van der Waals surface area contributed by atoms with Gasteiger partial charge < -0.3 is 14.6 Å². The number of hydrogen-bond donors (Lipinski definition) is 1. The zero-order valence-electron chi connectivity index (χ0n) is 13.7.